The van der Waals surface area contributed by atoms with Crippen molar-refractivity contribution in [3.05, 3.63) is 75.0 Å². The highest BCUT2D eigenvalue weighted by molar-refractivity contribution is 7.90. The molecule has 1 atom stereocenters. The quantitative estimate of drug-likeness (QED) is 0.271. The van der Waals surface area contributed by atoms with Gasteiger partial charge in [0.05, 0.1) is 16.7 Å². The normalized spacial score (nSPS) is 15.3. The lowest BCUT2D eigenvalue weighted by molar-refractivity contribution is 0.103. The standard InChI is InChI=1S/C24H17Cl2FN2O5S2/c1-36(31,32)21-4-5-33-17-11-19-12(6-15(17)21)7-20(35-19)24(30)28-14-9-22(26)29-23(10-14)34-18-8-13(25)2-3-16(18)27/h2-3,6-11,21H,4-5H2,1H3,(H,28,29,30). The highest BCUT2D eigenvalue weighted by Gasteiger charge is 2.30. The fraction of sp³-hybridized carbons (Fsp3) is 0.167. The van der Waals surface area contributed by atoms with E-state index in [1.165, 1.54) is 41.9 Å². The zero-order valence-corrected chi connectivity index (χ0v) is 21.7. The summed E-state index contributed by atoms with van der Waals surface area (Å²) in [5.41, 5.74) is 0.881. The van der Waals surface area contributed by atoms with E-state index in [9.17, 15) is 17.6 Å². The largest absolute Gasteiger partial charge is 0.493 e. The molecule has 5 rings (SSSR count). The fourth-order valence-electron chi connectivity index (χ4n) is 3.91. The van der Waals surface area contributed by atoms with Crippen molar-refractivity contribution >= 4 is 66.1 Å². The second-order valence-electron chi connectivity index (χ2n) is 8.14. The van der Waals surface area contributed by atoms with Gasteiger partial charge in [0.1, 0.15) is 10.9 Å². The molecule has 0 spiro atoms. The molecule has 0 bridgehead atoms. The van der Waals surface area contributed by atoms with Gasteiger partial charge in [-0.15, -0.1) is 11.3 Å². The maximum atomic E-state index is 14.0. The molecule has 1 unspecified atom stereocenters. The smallest absolute Gasteiger partial charge is 0.265 e. The van der Waals surface area contributed by atoms with E-state index in [-0.39, 0.29) is 27.5 Å². The van der Waals surface area contributed by atoms with Crippen LogP contribution >= 0.6 is 34.5 Å². The SMILES string of the molecule is CS(=O)(=O)C1CCOc2cc3sc(C(=O)Nc4cc(Cl)nc(Oc5cc(Cl)ccc5F)c4)cc3cc21. The number of sulfone groups is 1. The number of fused-ring (bicyclic) bond motifs is 2. The monoisotopic (exact) mass is 566 g/mol. The molecular weight excluding hydrogens is 550 g/mol. The first-order chi connectivity index (χ1) is 17.1. The van der Waals surface area contributed by atoms with Crippen molar-refractivity contribution in [1.29, 1.82) is 0 Å². The summed E-state index contributed by atoms with van der Waals surface area (Å²) in [6.07, 6.45) is 1.59. The number of hydrogen-bond acceptors (Lipinski definition) is 7. The van der Waals surface area contributed by atoms with Crippen molar-refractivity contribution in [2.24, 2.45) is 0 Å². The summed E-state index contributed by atoms with van der Waals surface area (Å²) >= 11 is 13.2. The van der Waals surface area contributed by atoms with Crippen molar-refractivity contribution in [2.45, 2.75) is 11.7 Å². The van der Waals surface area contributed by atoms with E-state index in [0.717, 1.165) is 16.2 Å². The zero-order valence-electron chi connectivity index (χ0n) is 18.5. The molecule has 3 heterocycles. The summed E-state index contributed by atoms with van der Waals surface area (Å²) in [6, 6.07) is 11.9. The number of thiophene rings is 1. The van der Waals surface area contributed by atoms with Crippen molar-refractivity contribution in [3.8, 4) is 17.4 Å². The number of aromatic nitrogens is 1. The Morgan fingerprint density at radius 2 is 2.00 bits per heavy atom. The number of amides is 1. The molecule has 1 N–H and O–H groups in total. The van der Waals surface area contributed by atoms with Gasteiger partial charge in [-0.3, -0.25) is 4.79 Å². The molecule has 0 aliphatic carbocycles. The Labute approximate surface area is 219 Å². The lowest BCUT2D eigenvalue weighted by Crippen LogP contribution is -2.20. The van der Waals surface area contributed by atoms with E-state index >= 15 is 0 Å². The molecule has 2 aromatic heterocycles. The third-order valence-corrected chi connectivity index (χ3v) is 8.56. The Bertz CT molecular complexity index is 1620. The van der Waals surface area contributed by atoms with Gasteiger partial charge in [0.2, 0.25) is 5.88 Å². The van der Waals surface area contributed by atoms with Crippen LogP contribution in [0.15, 0.2) is 48.5 Å². The maximum Gasteiger partial charge on any atom is 0.265 e. The van der Waals surface area contributed by atoms with Gasteiger partial charge in [-0.05, 0) is 41.8 Å². The third kappa shape index (κ3) is 5.12. The van der Waals surface area contributed by atoms with Crippen molar-refractivity contribution < 1.29 is 27.1 Å². The number of pyridine rings is 1. The summed E-state index contributed by atoms with van der Waals surface area (Å²) in [5.74, 6) is -0.725. The van der Waals surface area contributed by atoms with Crippen LogP contribution in [0.1, 0.15) is 26.9 Å². The molecule has 1 aliphatic heterocycles. The summed E-state index contributed by atoms with van der Waals surface area (Å²) in [7, 11) is -3.31. The molecule has 12 heteroatoms. The molecular formula is C24H17Cl2FN2O5S2. The van der Waals surface area contributed by atoms with E-state index in [4.69, 9.17) is 32.7 Å². The first kappa shape index (κ1) is 24.8. The van der Waals surface area contributed by atoms with Crippen LogP contribution < -0.4 is 14.8 Å². The average Bonchev–Trinajstić information content (AvgIpc) is 3.21. The second-order valence-corrected chi connectivity index (χ2v) is 12.3. The molecule has 2 aromatic carbocycles. The van der Waals surface area contributed by atoms with Crippen LogP contribution in [-0.2, 0) is 9.84 Å². The second kappa shape index (κ2) is 9.51. The Hall–Kier alpha value is -2.92. The molecule has 7 nitrogen and oxygen atoms in total. The minimum absolute atomic E-state index is 0.0261. The number of rotatable bonds is 5. The van der Waals surface area contributed by atoms with Crippen molar-refractivity contribution in [2.75, 3.05) is 18.2 Å². The van der Waals surface area contributed by atoms with E-state index in [1.807, 2.05) is 0 Å². The third-order valence-electron chi connectivity index (χ3n) is 5.51. The Balaban J connectivity index is 1.41. The Kier molecular flexibility index (Phi) is 6.54. The predicted octanol–water partition coefficient (Wildman–Crippen LogP) is 6.66. The predicted molar refractivity (Wildman–Crippen MR) is 138 cm³/mol. The molecule has 0 radical (unpaired) electrons. The first-order valence-electron chi connectivity index (χ1n) is 10.6. The fourth-order valence-corrected chi connectivity index (χ4v) is 6.41. The van der Waals surface area contributed by atoms with Crippen LogP contribution in [0.2, 0.25) is 10.2 Å². The van der Waals surface area contributed by atoms with Gasteiger partial charge >= 0.3 is 0 Å². The number of nitrogens with zero attached hydrogens (tertiary/aromatic N) is 1. The molecule has 36 heavy (non-hydrogen) atoms. The van der Waals surface area contributed by atoms with Crippen molar-refractivity contribution in [1.82, 2.24) is 4.98 Å². The topological polar surface area (TPSA) is 94.6 Å². The van der Waals surface area contributed by atoms with E-state index in [1.54, 1.807) is 18.2 Å². The van der Waals surface area contributed by atoms with Crippen LogP contribution in [0, 0.1) is 5.82 Å². The number of nitrogens with one attached hydrogen (secondary N) is 1. The first-order valence-corrected chi connectivity index (χ1v) is 14.1. The molecule has 0 saturated heterocycles. The van der Waals surface area contributed by atoms with Crippen LogP contribution in [0.4, 0.5) is 10.1 Å². The van der Waals surface area contributed by atoms with E-state index in [2.05, 4.69) is 10.3 Å². The molecule has 4 aromatic rings. The molecule has 186 valence electrons. The maximum absolute atomic E-state index is 14.0. The average molecular weight is 567 g/mol. The van der Waals surface area contributed by atoms with Gasteiger partial charge in [0.15, 0.2) is 21.4 Å². The number of anilines is 1. The van der Waals surface area contributed by atoms with Gasteiger partial charge in [-0.2, -0.15) is 0 Å². The summed E-state index contributed by atoms with van der Waals surface area (Å²) < 4.78 is 50.4. The number of benzene rings is 2. The van der Waals surface area contributed by atoms with Crippen LogP contribution in [0.3, 0.4) is 0 Å². The zero-order chi connectivity index (χ0) is 25.6. The van der Waals surface area contributed by atoms with Gasteiger partial charge in [-0.1, -0.05) is 23.2 Å². The number of carbonyl (C=O) groups is 1. The molecule has 1 amide bonds. The van der Waals surface area contributed by atoms with Gasteiger partial charge in [-0.25, -0.2) is 17.8 Å². The van der Waals surface area contributed by atoms with Crippen LogP contribution in [0.25, 0.3) is 10.1 Å². The highest BCUT2D eigenvalue weighted by atomic mass is 35.5. The van der Waals surface area contributed by atoms with Crippen molar-refractivity contribution in [3.63, 3.8) is 0 Å². The summed E-state index contributed by atoms with van der Waals surface area (Å²) in [4.78, 5) is 17.4. The Morgan fingerprint density at radius 3 is 2.78 bits per heavy atom. The number of hydrogen-bond donors (Lipinski definition) is 1. The van der Waals surface area contributed by atoms with Crippen LogP contribution in [0.5, 0.6) is 17.4 Å². The summed E-state index contributed by atoms with van der Waals surface area (Å²) in [6.45, 7) is 0.307. The lowest BCUT2D eigenvalue weighted by atomic mass is 10.0. The van der Waals surface area contributed by atoms with Gasteiger partial charge < -0.3 is 14.8 Å². The minimum Gasteiger partial charge on any atom is -0.493 e. The Morgan fingerprint density at radius 1 is 1.19 bits per heavy atom. The number of carbonyl (C=O) groups excluding carboxylic acids is 1. The molecule has 0 fully saturated rings. The molecule has 1 aliphatic rings. The summed E-state index contributed by atoms with van der Waals surface area (Å²) in [5, 5.41) is 3.12. The minimum atomic E-state index is -3.31. The highest BCUT2D eigenvalue weighted by Crippen LogP contribution is 2.41. The van der Waals surface area contributed by atoms with E-state index in [0.29, 0.717) is 29.2 Å². The number of ether oxygens (including phenoxy) is 2. The van der Waals surface area contributed by atoms with E-state index < -0.39 is 26.8 Å². The lowest BCUT2D eigenvalue weighted by Gasteiger charge is -2.24. The van der Waals surface area contributed by atoms with Crippen LogP contribution in [-0.4, -0.2) is 32.2 Å². The van der Waals surface area contributed by atoms with Gasteiger partial charge in [0.25, 0.3) is 5.91 Å². The number of halogens is 3. The molecule has 0 saturated carbocycles. The van der Waals surface area contributed by atoms with Gasteiger partial charge in [0, 0.05) is 45.8 Å².